The number of carboxylic acids is 1. The van der Waals surface area contributed by atoms with E-state index in [2.05, 4.69) is 19.4 Å². The van der Waals surface area contributed by atoms with E-state index in [1.807, 2.05) is 0 Å². The van der Waals surface area contributed by atoms with Crippen LogP contribution < -0.4 is 9.47 Å². The van der Waals surface area contributed by atoms with E-state index in [-0.39, 0.29) is 30.1 Å². The van der Waals surface area contributed by atoms with Gasteiger partial charge in [0.25, 0.3) is 0 Å². The number of rotatable bonds is 10. The number of imidazole rings is 1. The summed E-state index contributed by atoms with van der Waals surface area (Å²) < 4.78 is 33.4. The summed E-state index contributed by atoms with van der Waals surface area (Å²) in [6.07, 6.45) is 3.39. The van der Waals surface area contributed by atoms with Crippen LogP contribution >= 0.6 is 11.6 Å². The lowest BCUT2D eigenvalue weighted by Gasteiger charge is -2.28. The maximum atomic E-state index is 14.0. The second-order valence-electron chi connectivity index (χ2n) is 9.87. The van der Waals surface area contributed by atoms with Gasteiger partial charge >= 0.3 is 5.97 Å². The predicted molar refractivity (Wildman–Crippen MR) is 143 cm³/mol. The lowest BCUT2D eigenvalue weighted by atomic mass is 10.1. The van der Waals surface area contributed by atoms with Gasteiger partial charge in [-0.15, -0.1) is 0 Å². The van der Waals surface area contributed by atoms with Crippen molar-refractivity contribution in [1.82, 2.24) is 24.4 Å². The molecule has 2 aliphatic heterocycles. The molecule has 6 rings (SSSR count). The molecule has 2 atom stereocenters. The van der Waals surface area contributed by atoms with Crippen molar-refractivity contribution in [2.24, 2.45) is 0 Å². The third kappa shape index (κ3) is 5.86. The van der Waals surface area contributed by atoms with Crippen LogP contribution in [0.4, 0.5) is 4.39 Å². The first kappa shape index (κ1) is 26.4. The Hall–Kier alpha value is -3.80. The van der Waals surface area contributed by atoms with E-state index in [1.165, 1.54) is 12.1 Å². The minimum Gasteiger partial charge on any atom is -0.483 e. The number of carboxylic acid groups (broad SMARTS) is 1. The van der Waals surface area contributed by atoms with Crippen LogP contribution in [0.1, 0.15) is 34.8 Å². The van der Waals surface area contributed by atoms with E-state index >= 15 is 0 Å². The molecule has 1 N–H and O–H groups in total. The van der Waals surface area contributed by atoms with Crippen molar-refractivity contribution in [2.75, 3.05) is 19.7 Å². The van der Waals surface area contributed by atoms with Crippen LogP contribution in [0.15, 0.2) is 48.7 Å². The van der Waals surface area contributed by atoms with Gasteiger partial charge in [-0.25, -0.2) is 19.2 Å². The average Bonchev–Trinajstić information content (AvgIpc) is 3.49. The maximum absolute atomic E-state index is 14.0. The normalized spacial score (nSPS) is 19.1. The second-order valence-corrected chi connectivity index (χ2v) is 10.3. The third-order valence-electron chi connectivity index (χ3n) is 7.07. The Labute approximate surface area is 234 Å². The van der Waals surface area contributed by atoms with Crippen molar-refractivity contribution >= 4 is 28.6 Å². The molecule has 0 saturated carbocycles. The Balaban J connectivity index is 1.10. The Morgan fingerprint density at radius 1 is 1.18 bits per heavy atom. The first-order valence-electron chi connectivity index (χ1n) is 13.0. The molecule has 2 aromatic carbocycles. The van der Waals surface area contributed by atoms with E-state index < -0.39 is 11.8 Å². The number of ether oxygens (including phenoxy) is 3. The monoisotopic (exact) mass is 567 g/mol. The molecule has 10 nitrogen and oxygen atoms in total. The SMILES string of the molecule is O=C(O)c1ccc2nc(CN3CC[C@H](Oc4ccnc(COc5ccc(Cl)cc5F)n4)C3)n(CC3CCO3)c2c1. The first-order valence-corrected chi connectivity index (χ1v) is 13.4. The number of likely N-dealkylation sites (tertiary alicyclic amines) is 1. The molecular formula is C28H27ClFN5O5. The van der Waals surface area contributed by atoms with E-state index in [9.17, 15) is 14.3 Å². The van der Waals surface area contributed by atoms with Crippen molar-refractivity contribution in [1.29, 1.82) is 0 Å². The standard InChI is InChI=1S/C28H27ClFN5O5/c29-18-2-4-24(21(30)12-18)39-16-25-31-8-5-27(33-25)40-20-6-9-34(13-20)15-26-32-22-3-1-17(28(36)37)11-23(22)35(26)14-19-7-10-38-19/h1-5,8,11-12,19-20H,6-7,9-10,13-16H2,(H,36,37)/t19?,20-/m0/s1. The van der Waals surface area contributed by atoms with Crippen LogP contribution in [0, 0.1) is 5.82 Å². The van der Waals surface area contributed by atoms with Gasteiger partial charge in [-0.3, -0.25) is 4.90 Å². The number of halogens is 2. The Morgan fingerprint density at radius 2 is 2.05 bits per heavy atom. The summed E-state index contributed by atoms with van der Waals surface area (Å²) in [5, 5.41) is 9.76. The van der Waals surface area contributed by atoms with Crippen LogP contribution in [0.2, 0.25) is 5.02 Å². The number of nitrogens with zero attached hydrogens (tertiary/aromatic N) is 5. The molecule has 0 radical (unpaired) electrons. The molecule has 0 bridgehead atoms. The van der Waals surface area contributed by atoms with E-state index in [1.54, 1.807) is 36.5 Å². The van der Waals surface area contributed by atoms with Gasteiger partial charge in [-0.05, 0) is 49.2 Å². The fraction of sp³-hybridized carbons (Fsp3) is 0.357. The van der Waals surface area contributed by atoms with Gasteiger partial charge in [0, 0.05) is 37.0 Å². The van der Waals surface area contributed by atoms with Crippen LogP contribution in [-0.4, -0.2) is 67.4 Å². The number of fused-ring (bicyclic) bond motifs is 1. The molecule has 40 heavy (non-hydrogen) atoms. The quantitative estimate of drug-likeness (QED) is 0.299. The Bertz CT molecular complexity index is 1550. The minimum absolute atomic E-state index is 0.0168. The van der Waals surface area contributed by atoms with Gasteiger partial charge in [-0.1, -0.05) is 11.6 Å². The molecule has 4 aromatic rings. The number of benzene rings is 2. The minimum atomic E-state index is -0.966. The zero-order chi connectivity index (χ0) is 27.6. The lowest BCUT2D eigenvalue weighted by Crippen LogP contribution is -2.33. The fourth-order valence-corrected chi connectivity index (χ4v) is 5.08. The van der Waals surface area contributed by atoms with Crippen LogP contribution in [-0.2, 0) is 24.4 Å². The summed E-state index contributed by atoms with van der Waals surface area (Å²) >= 11 is 5.79. The highest BCUT2D eigenvalue weighted by atomic mass is 35.5. The molecule has 0 aliphatic carbocycles. The summed E-state index contributed by atoms with van der Waals surface area (Å²) in [6.45, 7) is 3.44. The molecular weight excluding hydrogens is 541 g/mol. The summed E-state index contributed by atoms with van der Waals surface area (Å²) in [7, 11) is 0. The van der Waals surface area contributed by atoms with Crippen LogP contribution in [0.3, 0.4) is 0 Å². The zero-order valence-corrected chi connectivity index (χ0v) is 22.3. The van der Waals surface area contributed by atoms with Crippen LogP contribution in [0.25, 0.3) is 11.0 Å². The Morgan fingerprint density at radius 3 is 2.83 bits per heavy atom. The fourth-order valence-electron chi connectivity index (χ4n) is 4.92. The van der Waals surface area contributed by atoms with Gasteiger partial charge in [0.05, 0.1) is 35.8 Å². The van der Waals surface area contributed by atoms with Gasteiger partial charge in [0.15, 0.2) is 17.4 Å². The number of aromatic nitrogens is 4. The molecule has 2 fully saturated rings. The number of hydrogen-bond donors (Lipinski definition) is 1. The van der Waals surface area contributed by atoms with Gasteiger partial charge in [-0.2, -0.15) is 4.98 Å². The topological polar surface area (TPSA) is 112 Å². The predicted octanol–water partition coefficient (Wildman–Crippen LogP) is 4.34. The van der Waals surface area contributed by atoms with Crippen molar-refractivity contribution in [3.8, 4) is 11.6 Å². The highest BCUT2D eigenvalue weighted by Crippen LogP contribution is 2.26. The summed E-state index contributed by atoms with van der Waals surface area (Å²) in [6, 6.07) is 10.9. The molecule has 2 saturated heterocycles. The second kappa shape index (κ2) is 11.4. The van der Waals surface area contributed by atoms with E-state index in [0.29, 0.717) is 36.4 Å². The molecule has 208 valence electrons. The highest BCUT2D eigenvalue weighted by molar-refractivity contribution is 6.30. The number of aromatic carboxylic acids is 1. The molecule has 12 heteroatoms. The average molecular weight is 568 g/mol. The summed E-state index contributed by atoms with van der Waals surface area (Å²) in [5.74, 6) is 0.209. The first-order chi connectivity index (χ1) is 19.4. The van der Waals surface area contributed by atoms with Crippen molar-refractivity contribution < 1.29 is 28.5 Å². The van der Waals surface area contributed by atoms with Crippen molar-refractivity contribution in [3.63, 3.8) is 0 Å². The summed E-state index contributed by atoms with van der Waals surface area (Å²) in [5.41, 5.74) is 1.80. The molecule has 2 aromatic heterocycles. The van der Waals surface area contributed by atoms with Gasteiger partial charge < -0.3 is 23.9 Å². The van der Waals surface area contributed by atoms with Crippen molar-refractivity contribution in [3.05, 3.63) is 76.7 Å². The molecule has 0 amide bonds. The Kier molecular flexibility index (Phi) is 7.50. The van der Waals surface area contributed by atoms with Crippen LogP contribution in [0.5, 0.6) is 11.6 Å². The molecule has 1 unspecified atom stereocenters. The molecule has 4 heterocycles. The molecule has 0 spiro atoms. The van der Waals surface area contributed by atoms with Gasteiger partial charge in [0.2, 0.25) is 5.88 Å². The highest BCUT2D eigenvalue weighted by Gasteiger charge is 2.28. The van der Waals surface area contributed by atoms with E-state index in [4.69, 9.17) is 30.8 Å². The lowest BCUT2D eigenvalue weighted by molar-refractivity contribution is -0.0591. The third-order valence-corrected chi connectivity index (χ3v) is 7.30. The van der Waals surface area contributed by atoms with Gasteiger partial charge in [0.1, 0.15) is 18.5 Å². The zero-order valence-electron chi connectivity index (χ0n) is 21.5. The summed E-state index contributed by atoms with van der Waals surface area (Å²) in [4.78, 5) is 27.3. The smallest absolute Gasteiger partial charge is 0.335 e. The number of carbonyl (C=O) groups is 1. The van der Waals surface area contributed by atoms with Crippen molar-refractivity contribution in [2.45, 2.75) is 44.7 Å². The van der Waals surface area contributed by atoms with E-state index in [0.717, 1.165) is 42.9 Å². The maximum Gasteiger partial charge on any atom is 0.335 e. The molecule has 2 aliphatic rings. The largest absolute Gasteiger partial charge is 0.483 e. The number of hydrogen-bond acceptors (Lipinski definition) is 8.